The van der Waals surface area contributed by atoms with E-state index in [1.165, 1.54) is 0 Å². The standard InChI is InChI=1S/C13H22O4/c1-7-15-11(3)16-10(2)8-9-12(14)17-13(4,5)6/h10-11H,7H2,1-6H3. The Morgan fingerprint density at radius 2 is 1.88 bits per heavy atom. The van der Waals surface area contributed by atoms with E-state index in [0.29, 0.717) is 6.61 Å². The molecule has 0 heterocycles. The molecule has 0 aliphatic rings. The van der Waals surface area contributed by atoms with Crippen molar-refractivity contribution in [3.05, 3.63) is 0 Å². The number of rotatable bonds is 4. The Morgan fingerprint density at radius 3 is 2.35 bits per heavy atom. The molecule has 0 bridgehead atoms. The number of esters is 1. The van der Waals surface area contributed by atoms with Crippen LogP contribution in [-0.2, 0) is 19.0 Å². The maximum Gasteiger partial charge on any atom is 0.384 e. The van der Waals surface area contributed by atoms with Gasteiger partial charge in [0.25, 0.3) is 0 Å². The Bertz CT molecular complexity index is 293. The maximum atomic E-state index is 11.3. The lowest BCUT2D eigenvalue weighted by Gasteiger charge is -2.17. The third kappa shape index (κ3) is 9.86. The first-order valence-electron chi connectivity index (χ1n) is 5.76. The predicted molar refractivity (Wildman–Crippen MR) is 65.3 cm³/mol. The second kappa shape index (κ2) is 7.31. The number of hydrogen-bond acceptors (Lipinski definition) is 4. The summed E-state index contributed by atoms with van der Waals surface area (Å²) in [6.07, 6.45) is -0.702. The van der Waals surface area contributed by atoms with Gasteiger partial charge in [0.05, 0.1) is 0 Å². The zero-order valence-electron chi connectivity index (χ0n) is 11.5. The van der Waals surface area contributed by atoms with E-state index in [1.54, 1.807) is 34.6 Å². The van der Waals surface area contributed by atoms with Gasteiger partial charge in [-0.25, -0.2) is 4.79 Å². The first-order valence-corrected chi connectivity index (χ1v) is 5.76. The smallest absolute Gasteiger partial charge is 0.384 e. The van der Waals surface area contributed by atoms with Gasteiger partial charge in [0.15, 0.2) is 6.29 Å². The number of ether oxygens (including phenoxy) is 3. The van der Waals surface area contributed by atoms with Gasteiger partial charge in [0, 0.05) is 12.5 Å². The van der Waals surface area contributed by atoms with E-state index in [1.807, 2.05) is 6.92 Å². The fraction of sp³-hybridized carbons (Fsp3) is 0.769. The lowest BCUT2D eigenvalue weighted by Crippen LogP contribution is -2.23. The second-order valence-electron chi connectivity index (χ2n) is 4.57. The van der Waals surface area contributed by atoms with E-state index in [-0.39, 0.29) is 12.4 Å². The van der Waals surface area contributed by atoms with Gasteiger partial charge in [-0.1, -0.05) is 5.92 Å². The molecule has 0 aromatic carbocycles. The Kier molecular flexibility index (Phi) is 6.86. The van der Waals surface area contributed by atoms with Crippen LogP contribution in [0, 0.1) is 11.8 Å². The van der Waals surface area contributed by atoms with Crippen molar-refractivity contribution >= 4 is 5.97 Å². The van der Waals surface area contributed by atoms with E-state index in [0.717, 1.165) is 0 Å². The van der Waals surface area contributed by atoms with Gasteiger partial charge < -0.3 is 14.2 Å². The molecule has 0 aromatic rings. The molecule has 0 aliphatic heterocycles. The molecular weight excluding hydrogens is 220 g/mol. The molecule has 98 valence electrons. The molecule has 0 fully saturated rings. The molecule has 0 saturated carbocycles. The summed E-state index contributed by atoms with van der Waals surface area (Å²) in [6.45, 7) is 11.4. The molecule has 2 atom stereocenters. The normalized spacial score (nSPS) is 14.5. The third-order valence-corrected chi connectivity index (χ3v) is 1.57. The molecule has 0 amide bonds. The fourth-order valence-corrected chi connectivity index (χ4v) is 1.06. The van der Waals surface area contributed by atoms with Crippen molar-refractivity contribution in [1.29, 1.82) is 0 Å². The molecule has 0 N–H and O–H groups in total. The number of carbonyl (C=O) groups excluding carboxylic acids is 1. The summed E-state index contributed by atoms with van der Waals surface area (Å²) >= 11 is 0. The Balaban J connectivity index is 4.12. The molecule has 0 radical (unpaired) electrons. The summed E-state index contributed by atoms with van der Waals surface area (Å²) in [6, 6.07) is 0. The van der Waals surface area contributed by atoms with Crippen LogP contribution in [0.1, 0.15) is 41.5 Å². The van der Waals surface area contributed by atoms with Gasteiger partial charge in [0.2, 0.25) is 0 Å². The molecule has 4 nitrogen and oxygen atoms in total. The van der Waals surface area contributed by atoms with Crippen LogP contribution in [0.5, 0.6) is 0 Å². The molecule has 0 rings (SSSR count). The Labute approximate surface area is 104 Å². The second-order valence-corrected chi connectivity index (χ2v) is 4.57. The van der Waals surface area contributed by atoms with E-state index in [9.17, 15) is 4.79 Å². The van der Waals surface area contributed by atoms with E-state index in [2.05, 4.69) is 11.8 Å². The average molecular weight is 242 g/mol. The van der Waals surface area contributed by atoms with Gasteiger partial charge in [-0.05, 0) is 41.5 Å². The quantitative estimate of drug-likeness (QED) is 0.328. The molecule has 2 unspecified atom stereocenters. The van der Waals surface area contributed by atoms with Crippen molar-refractivity contribution in [1.82, 2.24) is 0 Å². The van der Waals surface area contributed by atoms with E-state index in [4.69, 9.17) is 14.2 Å². The predicted octanol–water partition coefficient (Wildman–Crippen LogP) is 2.12. The summed E-state index contributed by atoms with van der Waals surface area (Å²) in [5, 5.41) is 0. The van der Waals surface area contributed by atoms with E-state index >= 15 is 0 Å². The van der Waals surface area contributed by atoms with E-state index < -0.39 is 11.6 Å². The van der Waals surface area contributed by atoms with Gasteiger partial charge in [-0.3, -0.25) is 0 Å². The summed E-state index contributed by atoms with van der Waals surface area (Å²) in [4.78, 5) is 11.3. The highest BCUT2D eigenvalue weighted by Gasteiger charge is 2.14. The van der Waals surface area contributed by atoms with Crippen molar-refractivity contribution in [2.45, 2.75) is 59.5 Å². The van der Waals surface area contributed by atoms with Crippen LogP contribution in [0.2, 0.25) is 0 Å². The Hall–Kier alpha value is -1.05. The van der Waals surface area contributed by atoms with Gasteiger partial charge >= 0.3 is 5.97 Å². The number of hydrogen-bond donors (Lipinski definition) is 0. The monoisotopic (exact) mass is 242 g/mol. The zero-order chi connectivity index (χ0) is 13.5. The highest BCUT2D eigenvalue weighted by atomic mass is 16.7. The lowest BCUT2D eigenvalue weighted by molar-refractivity contribution is -0.148. The molecule has 0 aliphatic carbocycles. The minimum absolute atomic E-state index is 0.331. The molecule has 0 spiro atoms. The molecule has 0 saturated heterocycles. The molecular formula is C13H22O4. The Morgan fingerprint density at radius 1 is 1.29 bits per heavy atom. The molecule has 0 aromatic heterocycles. The minimum Gasteiger partial charge on any atom is -0.450 e. The number of carbonyl (C=O) groups is 1. The molecule has 17 heavy (non-hydrogen) atoms. The first kappa shape index (κ1) is 16.0. The van der Waals surface area contributed by atoms with Crippen LogP contribution in [0.3, 0.4) is 0 Å². The largest absolute Gasteiger partial charge is 0.450 e. The van der Waals surface area contributed by atoms with Crippen molar-refractivity contribution < 1.29 is 19.0 Å². The van der Waals surface area contributed by atoms with Crippen LogP contribution < -0.4 is 0 Å². The highest BCUT2D eigenvalue weighted by Crippen LogP contribution is 2.06. The van der Waals surface area contributed by atoms with Gasteiger partial charge in [-0.15, -0.1) is 0 Å². The van der Waals surface area contributed by atoms with Crippen molar-refractivity contribution in [3.63, 3.8) is 0 Å². The molecule has 4 heteroatoms. The maximum absolute atomic E-state index is 11.3. The third-order valence-electron chi connectivity index (χ3n) is 1.57. The topological polar surface area (TPSA) is 44.8 Å². The fourth-order valence-electron chi connectivity index (χ4n) is 1.06. The average Bonchev–Trinajstić information content (AvgIpc) is 2.12. The SMILES string of the molecule is CCOC(C)OC(C)C#CC(=O)OC(C)(C)C. The summed E-state index contributed by atoms with van der Waals surface area (Å²) in [5.74, 6) is 4.52. The van der Waals surface area contributed by atoms with Crippen LogP contribution in [0.15, 0.2) is 0 Å². The van der Waals surface area contributed by atoms with Gasteiger partial charge in [-0.2, -0.15) is 0 Å². The first-order chi connectivity index (χ1) is 7.74. The van der Waals surface area contributed by atoms with Gasteiger partial charge in [0.1, 0.15) is 11.7 Å². The van der Waals surface area contributed by atoms with Crippen molar-refractivity contribution in [2.75, 3.05) is 6.61 Å². The van der Waals surface area contributed by atoms with Crippen LogP contribution in [0.4, 0.5) is 0 Å². The van der Waals surface area contributed by atoms with Crippen LogP contribution in [0.25, 0.3) is 0 Å². The lowest BCUT2D eigenvalue weighted by atomic mass is 10.2. The van der Waals surface area contributed by atoms with Crippen LogP contribution in [-0.4, -0.2) is 30.6 Å². The van der Waals surface area contributed by atoms with Crippen molar-refractivity contribution in [2.24, 2.45) is 0 Å². The minimum atomic E-state index is -0.544. The summed E-state index contributed by atoms with van der Waals surface area (Å²) in [7, 11) is 0. The summed E-state index contributed by atoms with van der Waals surface area (Å²) < 4.78 is 15.6. The van der Waals surface area contributed by atoms with Crippen LogP contribution >= 0.6 is 0 Å². The highest BCUT2D eigenvalue weighted by molar-refractivity contribution is 5.88. The van der Waals surface area contributed by atoms with Crippen molar-refractivity contribution in [3.8, 4) is 11.8 Å². The summed E-state index contributed by atoms with van der Waals surface area (Å²) in [5.41, 5.74) is -0.519. The zero-order valence-corrected chi connectivity index (χ0v) is 11.5.